The standard InChI is InChI=1S/C68H81BN2S/c1-40-32-55-58-56(33-40)71(59-41(2)34-45(64(9,10)11)37-47(59)42-20-26-49-50(35-42)66(14,15)29-28-65(49,12)13)60-48-36-44(63(6,7)8)23-27-57(48)72-61(60)69(58)53-38-51-52(68(18,19)31-30-67(51,16)17)39-54(53)70(55)46-24-21-43(22-25-46)62(3,4)5/h20-27,32-39H,28-31H2,1-19H3. The van der Waals surface area contributed by atoms with Crippen LogP contribution in [0.3, 0.4) is 0 Å². The highest BCUT2D eigenvalue weighted by Crippen LogP contribution is 2.55. The molecule has 0 radical (unpaired) electrons. The van der Waals surface area contributed by atoms with Crippen LogP contribution in [0.15, 0.2) is 97.1 Å². The largest absolute Gasteiger partial charge is 0.311 e. The molecule has 372 valence electrons. The lowest BCUT2D eigenvalue weighted by molar-refractivity contribution is 0.332. The molecule has 0 amide bonds. The summed E-state index contributed by atoms with van der Waals surface area (Å²) in [6.45, 7) is 45.8. The quantitative estimate of drug-likeness (QED) is 0.163. The maximum Gasteiger partial charge on any atom is 0.264 e. The van der Waals surface area contributed by atoms with Crippen LogP contribution in [0.25, 0.3) is 21.2 Å². The molecule has 3 heterocycles. The van der Waals surface area contributed by atoms with Crippen LogP contribution in [0.4, 0.5) is 34.1 Å². The van der Waals surface area contributed by atoms with Gasteiger partial charge in [0.15, 0.2) is 0 Å². The lowest BCUT2D eigenvalue weighted by Gasteiger charge is -2.47. The molecule has 4 heteroatoms. The first-order valence-electron chi connectivity index (χ1n) is 27.3. The minimum absolute atomic E-state index is 0.0127. The summed E-state index contributed by atoms with van der Waals surface area (Å²) in [7, 11) is 0. The highest BCUT2D eigenvalue weighted by atomic mass is 32.1. The first-order valence-corrected chi connectivity index (χ1v) is 28.1. The van der Waals surface area contributed by atoms with Crippen LogP contribution in [0.1, 0.15) is 193 Å². The lowest BCUT2D eigenvalue weighted by Crippen LogP contribution is -2.61. The van der Waals surface area contributed by atoms with Gasteiger partial charge in [-0.25, -0.2) is 0 Å². The highest BCUT2D eigenvalue weighted by molar-refractivity contribution is 7.33. The Bertz CT molecular complexity index is 3390. The van der Waals surface area contributed by atoms with E-state index in [2.05, 4.69) is 238 Å². The number of benzene rings is 6. The van der Waals surface area contributed by atoms with Crippen molar-refractivity contribution in [3.63, 3.8) is 0 Å². The molecule has 7 aromatic rings. The van der Waals surface area contributed by atoms with Crippen LogP contribution in [-0.4, -0.2) is 6.71 Å². The number of nitrogens with zero attached hydrogens (tertiary/aromatic N) is 2. The Kier molecular flexibility index (Phi) is 10.7. The third kappa shape index (κ3) is 7.60. The Morgan fingerprint density at radius 2 is 1.00 bits per heavy atom. The molecule has 0 fully saturated rings. The Labute approximate surface area is 438 Å². The normalized spacial score (nSPS) is 18.3. The summed E-state index contributed by atoms with van der Waals surface area (Å²) in [6.07, 6.45) is 4.74. The lowest BCUT2D eigenvalue weighted by atomic mass is 9.35. The summed E-state index contributed by atoms with van der Waals surface area (Å²) < 4.78 is 2.80. The van der Waals surface area contributed by atoms with Crippen molar-refractivity contribution in [2.45, 2.75) is 195 Å². The van der Waals surface area contributed by atoms with Gasteiger partial charge < -0.3 is 9.80 Å². The second-order valence-electron chi connectivity index (χ2n) is 28.6. The van der Waals surface area contributed by atoms with E-state index in [1.54, 1.807) is 0 Å². The van der Waals surface area contributed by atoms with Crippen molar-refractivity contribution in [1.82, 2.24) is 0 Å². The van der Waals surface area contributed by atoms with Crippen molar-refractivity contribution >= 4 is 78.0 Å². The van der Waals surface area contributed by atoms with Gasteiger partial charge in [0.2, 0.25) is 0 Å². The molecular weight excluding hydrogens is 888 g/mol. The Morgan fingerprint density at radius 3 is 1.58 bits per heavy atom. The summed E-state index contributed by atoms with van der Waals surface area (Å²) in [5.41, 5.74) is 26.3. The fourth-order valence-electron chi connectivity index (χ4n) is 13.3. The third-order valence-corrected chi connectivity index (χ3v) is 19.4. The van der Waals surface area contributed by atoms with Gasteiger partial charge in [0.1, 0.15) is 0 Å². The molecule has 0 bridgehead atoms. The zero-order valence-electron chi connectivity index (χ0n) is 47.4. The van der Waals surface area contributed by atoms with Gasteiger partial charge in [0.05, 0.1) is 11.4 Å². The van der Waals surface area contributed by atoms with E-state index < -0.39 is 0 Å². The summed E-state index contributed by atoms with van der Waals surface area (Å²) in [5, 5.41) is 1.36. The van der Waals surface area contributed by atoms with Crippen LogP contribution in [0.5, 0.6) is 0 Å². The first-order chi connectivity index (χ1) is 33.4. The number of fused-ring (bicyclic) bond motifs is 8. The van der Waals surface area contributed by atoms with Gasteiger partial charge in [-0.2, -0.15) is 0 Å². The summed E-state index contributed by atoms with van der Waals surface area (Å²) in [6, 6.07) is 40.1. The Morgan fingerprint density at radius 1 is 0.472 bits per heavy atom. The molecule has 2 aliphatic carbocycles. The van der Waals surface area contributed by atoms with Gasteiger partial charge in [-0.15, -0.1) is 11.3 Å². The smallest absolute Gasteiger partial charge is 0.264 e. The topological polar surface area (TPSA) is 6.48 Å². The maximum absolute atomic E-state index is 2.78. The second-order valence-corrected chi connectivity index (χ2v) is 29.7. The molecule has 0 atom stereocenters. The predicted octanol–water partition coefficient (Wildman–Crippen LogP) is 17.9. The van der Waals surface area contributed by atoms with Gasteiger partial charge >= 0.3 is 0 Å². The van der Waals surface area contributed by atoms with E-state index in [0.717, 1.165) is 0 Å². The fourth-order valence-corrected chi connectivity index (χ4v) is 14.5. The molecule has 1 aromatic heterocycles. The molecule has 11 rings (SSSR count). The summed E-state index contributed by atoms with van der Waals surface area (Å²) >= 11 is 2.04. The third-order valence-electron chi connectivity index (χ3n) is 18.2. The van der Waals surface area contributed by atoms with E-state index in [1.165, 1.54) is 147 Å². The molecule has 6 aromatic carbocycles. The molecule has 0 unspecified atom stereocenters. The zero-order chi connectivity index (χ0) is 51.8. The first kappa shape index (κ1) is 49.2. The Balaban J connectivity index is 1.29. The van der Waals surface area contributed by atoms with Gasteiger partial charge in [0, 0.05) is 43.2 Å². The van der Waals surface area contributed by atoms with E-state index >= 15 is 0 Å². The van der Waals surface area contributed by atoms with E-state index in [1.807, 2.05) is 11.3 Å². The van der Waals surface area contributed by atoms with Gasteiger partial charge in [-0.1, -0.05) is 166 Å². The van der Waals surface area contributed by atoms with Crippen LogP contribution in [-0.2, 0) is 37.9 Å². The average Bonchev–Trinajstić information content (AvgIpc) is 3.67. The number of aryl methyl sites for hydroxylation is 2. The molecule has 2 aliphatic heterocycles. The summed E-state index contributed by atoms with van der Waals surface area (Å²) in [4.78, 5) is 5.45. The van der Waals surface area contributed by atoms with Crippen molar-refractivity contribution in [3.05, 3.63) is 147 Å². The van der Waals surface area contributed by atoms with Crippen molar-refractivity contribution in [1.29, 1.82) is 0 Å². The number of thiophene rings is 1. The molecule has 0 spiro atoms. The SMILES string of the molecule is Cc1cc2c3c(c1)N(c1c(C)cc(C(C)(C)C)cc1-c1ccc4c(c1)C(C)(C)CCC4(C)C)c1c(sc4ccc(C(C)(C)C)cc14)B3c1cc3c(cc1N2c1ccc(C(C)(C)C)cc1)C(C)(C)CCC3(C)C. The molecule has 0 saturated carbocycles. The van der Waals surface area contributed by atoms with E-state index in [9.17, 15) is 0 Å². The van der Waals surface area contributed by atoms with Gasteiger partial charge in [-0.3, -0.25) is 0 Å². The zero-order valence-corrected chi connectivity index (χ0v) is 48.3. The molecule has 0 N–H and O–H groups in total. The van der Waals surface area contributed by atoms with E-state index in [-0.39, 0.29) is 44.6 Å². The summed E-state index contributed by atoms with van der Waals surface area (Å²) in [5.74, 6) is 0. The molecular formula is C68H81BN2S. The van der Waals surface area contributed by atoms with Crippen molar-refractivity contribution < 1.29 is 0 Å². The average molecular weight is 969 g/mol. The van der Waals surface area contributed by atoms with Crippen LogP contribution in [0.2, 0.25) is 0 Å². The molecule has 4 aliphatic rings. The van der Waals surface area contributed by atoms with Gasteiger partial charge in [0.25, 0.3) is 6.71 Å². The molecule has 72 heavy (non-hydrogen) atoms. The van der Waals surface area contributed by atoms with Crippen LogP contribution in [0, 0.1) is 13.8 Å². The molecule has 0 saturated heterocycles. The maximum atomic E-state index is 2.78. The fraction of sp³-hybridized carbons (Fsp3) is 0.441. The number of anilines is 6. The van der Waals surface area contributed by atoms with Crippen LogP contribution < -0.4 is 25.5 Å². The van der Waals surface area contributed by atoms with E-state index in [4.69, 9.17) is 0 Å². The highest BCUT2D eigenvalue weighted by Gasteiger charge is 2.49. The predicted molar refractivity (Wildman–Crippen MR) is 317 cm³/mol. The van der Waals surface area contributed by atoms with Gasteiger partial charge in [-0.05, 0) is 193 Å². The molecule has 2 nitrogen and oxygen atoms in total. The Hall–Kier alpha value is -5.06. The number of hydrogen-bond donors (Lipinski definition) is 0. The minimum atomic E-state index is -0.0426. The van der Waals surface area contributed by atoms with E-state index in [0.29, 0.717) is 0 Å². The minimum Gasteiger partial charge on any atom is -0.311 e. The second kappa shape index (κ2) is 15.7. The van der Waals surface area contributed by atoms with Crippen molar-refractivity contribution in [3.8, 4) is 11.1 Å². The number of rotatable bonds is 3. The monoisotopic (exact) mass is 969 g/mol. The van der Waals surface area contributed by atoms with Crippen LogP contribution >= 0.6 is 11.3 Å². The van der Waals surface area contributed by atoms with Crippen molar-refractivity contribution in [2.75, 3.05) is 9.80 Å². The number of hydrogen-bond acceptors (Lipinski definition) is 3. The van der Waals surface area contributed by atoms with Crippen molar-refractivity contribution in [2.24, 2.45) is 0 Å².